The van der Waals surface area contributed by atoms with Gasteiger partial charge in [-0.25, -0.2) is 0 Å². The second-order valence-electron chi connectivity index (χ2n) is 5.63. The molecule has 1 rings (SSSR count). The van der Waals surface area contributed by atoms with Crippen LogP contribution in [0.4, 0.5) is 0 Å². The number of nitrogens with zero attached hydrogens (tertiary/aromatic N) is 1. The number of rotatable bonds is 2. The third kappa shape index (κ3) is 2.50. The predicted octanol–water partition coefficient (Wildman–Crippen LogP) is 3.83. The molecule has 0 aromatic heterocycles. The SMILES string of the molecule is CCC1CCCC(CC)N1C(C)(C)C. The molecule has 1 nitrogen and oxygen atoms in total. The molecule has 0 aromatic rings. The Kier molecular flexibility index (Phi) is 4.00. The number of hydrogen-bond acceptors (Lipinski definition) is 1. The quantitative estimate of drug-likeness (QED) is 0.650. The molecule has 0 bridgehead atoms. The van der Waals surface area contributed by atoms with Crippen LogP contribution in [0.1, 0.15) is 66.7 Å². The summed E-state index contributed by atoms with van der Waals surface area (Å²) in [5, 5.41) is 0. The minimum atomic E-state index is 0.349. The van der Waals surface area contributed by atoms with Gasteiger partial charge in [0, 0.05) is 17.6 Å². The molecule has 0 aromatic carbocycles. The molecule has 1 fully saturated rings. The molecule has 0 saturated carbocycles. The first-order chi connectivity index (χ1) is 6.50. The van der Waals surface area contributed by atoms with E-state index in [9.17, 15) is 0 Å². The Morgan fingerprint density at radius 3 is 1.71 bits per heavy atom. The fraction of sp³-hybridized carbons (Fsp3) is 1.00. The monoisotopic (exact) mass is 197 g/mol. The maximum Gasteiger partial charge on any atom is 0.0130 e. The van der Waals surface area contributed by atoms with Crippen molar-refractivity contribution < 1.29 is 0 Å². The fourth-order valence-corrected chi connectivity index (χ4v) is 3.06. The Morgan fingerprint density at radius 1 is 1.00 bits per heavy atom. The van der Waals surface area contributed by atoms with Crippen LogP contribution in [0, 0.1) is 0 Å². The fourth-order valence-electron chi connectivity index (χ4n) is 3.06. The van der Waals surface area contributed by atoms with Crippen molar-refractivity contribution >= 4 is 0 Å². The zero-order valence-corrected chi connectivity index (χ0v) is 10.6. The molecule has 1 aliphatic rings. The summed E-state index contributed by atoms with van der Waals surface area (Å²) in [6.45, 7) is 11.8. The van der Waals surface area contributed by atoms with E-state index in [2.05, 4.69) is 39.5 Å². The first-order valence-corrected chi connectivity index (χ1v) is 6.29. The highest BCUT2D eigenvalue weighted by Crippen LogP contribution is 2.32. The van der Waals surface area contributed by atoms with Gasteiger partial charge in [-0.3, -0.25) is 4.90 Å². The van der Waals surface area contributed by atoms with E-state index in [4.69, 9.17) is 0 Å². The lowest BCUT2D eigenvalue weighted by atomic mass is 9.87. The highest BCUT2D eigenvalue weighted by atomic mass is 15.2. The van der Waals surface area contributed by atoms with Crippen LogP contribution in [-0.2, 0) is 0 Å². The van der Waals surface area contributed by atoms with Crippen LogP contribution in [0.15, 0.2) is 0 Å². The summed E-state index contributed by atoms with van der Waals surface area (Å²) in [5.74, 6) is 0. The minimum Gasteiger partial charge on any atom is -0.293 e. The van der Waals surface area contributed by atoms with E-state index in [0.717, 1.165) is 12.1 Å². The van der Waals surface area contributed by atoms with E-state index in [1.807, 2.05) is 0 Å². The van der Waals surface area contributed by atoms with Gasteiger partial charge in [0.25, 0.3) is 0 Å². The third-order valence-corrected chi connectivity index (χ3v) is 3.58. The topological polar surface area (TPSA) is 3.24 Å². The molecule has 14 heavy (non-hydrogen) atoms. The largest absolute Gasteiger partial charge is 0.293 e. The van der Waals surface area contributed by atoms with E-state index in [0.29, 0.717) is 5.54 Å². The molecular weight excluding hydrogens is 170 g/mol. The number of likely N-dealkylation sites (tertiary alicyclic amines) is 1. The summed E-state index contributed by atoms with van der Waals surface area (Å²) in [6.07, 6.45) is 6.87. The van der Waals surface area contributed by atoms with Crippen molar-refractivity contribution in [2.24, 2.45) is 0 Å². The number of hydrogen-bond donors (Lipinski definition) is 0. The molecule has 84 valence electrons. The molecule has 0 amide bonds. The molecule has 2 unspecified atom stereocenters. The van der Waals surface area contributed by atoms with Crippen LogP contribution < -0.4 is 0 Å². The van der Waals surface area contributed by atoms with Gasteiger partial charge >= 0.3 is 0 Å². The Morgan fingerprint density at radius 2 is 1.43 bits per heavy atom. The van der Waals surface area contributed by atoms with Crippen molar-refractivity contribution in [3.05, 3.63) is 0 Å². The zero-order chi connectivity index (χ0) is 10.8. The summed E-state index contributed by atoms with van der Waals surface area (Å²) < 4.78 is 0. The van der Waals surface area contributed by atoms with Gasteiger partial charge < -0.3 is 0 Å². The molecule has 0 N–H and O–H groups in total. The second kappa shape index (κ2) is 4.65. The van der Waals surface area contributed by atoms with E-state index >= 15 is 0 Å². The van der Waals surface area contributed by atoms with E-state index < -0.39 is 0 Å². The molecule has 0 radical (unpaired) electrons. The van der Waals surface area contributed by atoms with Crippen molar-refractivity contribution in [2.45, 2.75) is 84.3 Å². The Bertz CT molecular complexity index is 157. The lowest BCUT2D eigenvalue weighted by molar-refractivity contribution is -0.00270. The molecule has 2 atom stereocenters. The highest BCUT2D eigenvalue weighted by molar-refractivity contribution is 4.91. The van der Waals surface area contributed by atoms with Crippen LogP contribution in [0.5, 0.6) is 0 Å². The Hall–Kier alpha value is -0.0400. The third-order valence-electron chi connectivity index (χ3n) is 3.58. The van der Waals surface area contributed by atoms with Crippen LogP contribution >= 0.6 is 0 Å². The van der Waals surface area contributed by atoms with Gasteiger partial charge in [-0.05, 0) is 46.5 Å². The minimum absolute atomic E-state index is 0.349. The Balaban J connectivity index is 2.78. The maximum atomic E-state index is 2.77. The summed E-state index contributed by atoms with van der Waals surface area (Å²) in [6, 6.07) is 1.65. The standard InChI is InChI=1S/C13H27N/c1-6-11-9-8-10-12(7-2)14(11)13(3,4)5/h11-12H,6-10H2,1-5H3. The summed E-state index contributed by atoms with van der Waals surface area (Å²) in [4.78, 5) is 2.77. The number of piperidine rings is 1. The molecule has 1 heterocycles. The van der Waals surface area contributed by atoms with Crippen molar-refractivity contribution in [3.8, 4) is 0 Å². The normalized spacial score (nSPS) is 30.6. The lowest BCUT2D eigenvalue weighted by Gasteiger charge is -2.49. The summed E-state index contributed by atoms with van der Waals surface area (Å²) in [5.41, 5.74) is 0.349. The van der Waals surface area contributed by atoms with Crippen molar-refractivity contribution in [3.63, 3.8) is 0 Å². The van der Waals surface area contributed by atoms with E-state index in [1.165, 1.54) is 32.1 Å². The van der Waals surface area contributed by atoms with Gasteiger partial charge in [0.1, 0.15) is 0 Å². The zero-order valence-electron chi connectivity index (χ0n) is 10.6. The average molecular weight is 197 g/mol. The molecular formula is C13H27N. The van der Waals surface area contributed by atoms with Crippen molar-refractivity contribution in [1.82, 2.24) is 4.90 Å². The summed E-state index contributed by atoms with van der Waals surface area (Å²) in [7, 11) is 0. The van der Waals surface area contributed by atoms with Crippen LogP contribution in [0.3, 0.4) is 0 Å². The molecule has 1 saturated heterocycles. The van der Waals surface area contributed by atoms with E-state index in [-0.39, 0.29) is 0 Å². The van der Waals surface area contributed by atoms with Gasteiger partial charge in [-0.15, -0.1) is 0 Å². The Labute approximate surface area is 89.9 Å². The molecule has 0 spiro atoms. The predicted molar refractivity (Wildman–Crippen MR) is 63.6 cm³/mol. The smallest absolute Gasteiger partial charge is 0.0130 e. The summed E-state index contributed by atoms with van der Waals surface area (Å²) >= 11 is 0. The average Bonchev–Trinajstić information content (AvgIpc) is 2.15. The molecule has 0 aliphatic carbocycles. The van der Waals surface area contributed by atoms with Crippen molar-refractivity contribution in [1.29, 1.82) is 0 Å². The van der Waals surface area contributed by atoms with Gasteiger partial charge in [0.05, 0.1) is 0 Å². The highest BCUT2D eigenvalue weighted by Gasteiger charge is 2.35. The van der Waals surface area contributed by atoms with Crippen LogP contribution in [-0.4, -0.2) is 22.5 Å². The van der Waals surface area contributed by atoms with Crippen LogP contribution in [0.2, 0.25) is 0 Å². The maximum absolute atomic E-state index is 2.77. The molecule has 1 aliphatic heterocycles. The van der Waals surface area contributed by atoms with Gasteiger partial charge in [0.2, 0.25) is 0 Å². The lowest BCUT2D eigenvalue weighted by Crippen LogP contribution is -2.55. The first kappa shape index (κ1) is 12.0. The van der Waals surface area contributed by atoms with Crippen LogP contribution in [0.25, 0.3) is 0 Å². The molecule has 1 heteroatoms. The van der Waals surface area contributed by atoms with Gasteiger partial charge in [-0.2, -0.15) is 0 Å². The van der Waals surface area contributed by atoms with Crippen molar-refractivity contribution in [2.75, 3.05) is 0 Å². The van der Waals surface area contributed by atoms with Gasteiger partial charge in [0.15, 0.2) is 0 Å². The van der Waals surface area contributed by atoms with Gasteiger partial charge in [-0.1, -0.05) is 20.3 Å². The van der Waals surface area contributed by atoms with E-state index in [1.54, 1.807) is 0 Å². The second-order valence-corrected chi connectivity index (χ2v) is 5.63. The first-order valence-electron chi connectivity index (χ1n) is 6.29.